The molecule has 0 bridgehead atoms. The highest BCUT2D eigenvalue weighted by atomic mass is 16.5. The predicted octanol–water partition coefficient (Wildman–Crippen LogP) is 2.73. The maximum absolute atomic E-state index is 12.7. The van der Waals surface area contributed by atoms with Gasteiger partial charge in [0.1, 0.15) is 0 Å². The van der Waals surface area contributed by atoms with E-state index in [0.717, 1.165) is 45.3 Å². The summed E-state index contributed by atoms with van der Waals surface area (Å²) in [5, 5.41) is 12.5. The quantitative estimate of drug-likeness (QED) is 0.837. The van der Waals surface area contributed by atoms with Crippen molar-refractivity contribution in [1.82, 2.24) is 5.32 Å². The zero-order chi connectivity index (χ0) is 16.3. The van der Waals surface area contributed by atoms with Gasteiger partial charge in [-0.2, -0.15) is 0 Å². The third-order valence-corrected chi connectivity index (χ3v) is 6.24. The number of hydrogen-bond donors (Lipinski definition) is 2. The van der Waals surface area contributed by atoms with E-state index in [-0.39, 0.29) is 29.2 Å². The van der Waals surface area contributed by atoms with Crippen LogP contribution in [0.5, 0.6) is 0 Å². The predicted molar refractivity (Wildman–Crippen MR) is 86.0 cm³/mol. The van der Waals surface area contributed by atoms with Crippen LogP contribution in [-0.2, 0) is 14.3 Å². The van der Waals surface area contributed by atoms with Crippen molar-refractivity contribution < 1.29 is 19.4 Å². The zero-order valence-electron chi connectivity index (χ0n) is 13.9. The highest BCUT2D eigenvalue weighted by Gasteiger charge is 2.44. The Labute approximate surface area is 138 Å². The van der Waals surface area contributed by atoms with Crippen LogP contribution in [0.25, 0.3) is 0 Å². The third kappa shape index (κ3) is 3.70. The van der Waals surface area contributed by atoms with Gasteiger partial charge in [0, 0.05) is 24.0 Å². The minimum Gasteiger partial charge on any atom is -0.481 e. The SMILES string of the molecule is O=C(O)[C@H]1CCC[C@@H](C(=O)NC2CCOCC23CCCCC3)C1. The van der Waals surface area contributed by atoms with Gasteiger partial charge in [-0.15, -0.1) is 0 Å². The molecule has 5 nitrogen and oxygen atoms in total. The van der Waals surface area contributed by atoms with E-state index in [1.807, 2.05) is 0 Å². The molecule has 2 aliphatic carbocycles. The first-order chi connectivity index (χ1) is 11.1. The Hall–Kier alpha value is -1.10. The number of ether oxygens (including phenoxy) is 1. The van der Waals surface area contributed by atoms with E-state index < -0.39 is 5.97 Å². The molecule has 2 saturated carbocycles. The molecule has 3 rings (SSSR count). The lowest BCUT2D eigenvalue weighted by Crippen LogP contribution is -2.55. The van der Waals surface area contributed by atoms with Crippen LogP contribution in [0.1, 0.15) is 64.2 Å². The molecule has 1 aliphatic heterocycles. The molecule has 3 fully saturated rings. The van der Waals surface area contributed by atoms with Gasteiger partial charge in [-0.1, -0.05) is 25.7 Å². The van der Waals surface area contributed by atoms with Crippen LogP contribution in [-0.4, -0.2) is 36.2 Å². The number of carboxylic acids is 1. The number of amides is 1. The molecule has 3 aliphatic rings. The number of rotatable bonds is 3. The zero-order valence-corrected chi connectivity index (χ0v) is 13.9. The average Bonchev–Trinajstić information content (AvgIpc) is 2.58. The van der Waals surface area contributed by atoms with Gasteiger partial charge in [0.2, 0.25) is 5.91 Å². The van der Waals surface area contributed by atoms with Crippen LogP contribution in [0.2, 0.25) is 0 Å². The lowest BCUT2D eigenvalue weighted by molar-refractivity contribution is -0.144. The number of nitrogens with one attached hydrogen (secondary N) is 1. The molecule has 3 atom stereocenters. The van der Waals surface area contributed by atoms with Crippen LogP contribution in [0.4, 0.5) is 0 Å². The smallest absolute Gasteiger partial charge is 0.306 e. The Morgan fingerprint density at radius 2 is 1.74 bits per heavy atom. The fourth-order valence-corrected chi connectivity index (χ4v) is 4.80. The van der Waals surface area contributed by atoms with E-state index in [1.165, 1.54) is 19.3 Å². The van der Waals surface area contributed by atoms with Gasteiger partial charge in [0.15, 0.2) is 0 Å². The molecule has 0 aromatic heterocycles. The van der Waals surface area contributed by atoms with Crippen LogP contribution < -0.4 is 5.32 Å². The van der Waals surface area contributed by atoms with Gasteiger partial charge in [-0.25, -0.2) is 0 Å². The standard InChI is InChI=1S/C18H29NO4/c20-16(13-5-4-6-14(11-13)17(21)22)19-15-7-10-23-12-18(15)8-2-1-3-9-18/h13-15H,1-12H2,(H,19,20)(H,21,22)/t13-,14+,15?/m1/s1. The van der Waals surface area contributed by atoms with E-state index in [9.17, 15) is 14.7 Å². The average molecular weight is 323 g/mol. The van der Waals surface area contributed by atoms with E-state index in [0.29, 0.717) is 12.8 Å². The second-order valence-electron chi connectivity index (χ2n) is 7.72. The Bertz CT molecular complexity index is 436. The molecule has 1 unspecified atom stereocenters. The second kappa shape index (κ2) is 7.20. The lowest BCUT2D eigenvalue weighted by atomic mass is 9.67. The van der Waals surface area contributed by atoms with Crippen molar-refractivity contribution in [2.45, 2.75) is 70.3 Å². The van der Waals surface area contributed by atoms with E-state index in [1.54, 1.807) is 0 Å². The van der Waals surface area contributed by atoms with Gasteiger partial charge < -0.3 is 15.2 Å². The minimum atomic E-state index is -0.752. The number of hydrogen-bond acceptors (Lipinski definition) is 3. The van der Waals surface area contributed by atoms with Crippen molar-refractivity contribution in [1.29, 1.82) is 0 Å². The van der Waals surface area contributed by atoms with Crippen molar-refractivity contribution >= 4 is 11.9 Å². The van der Waals surface area contributed by atoms with Crippen LogP contribution in [0, 0.1) is 17.3 Å². The molecule has 1 spiro atoms. The van der Waals surface area contributed by atoms with Gasteiger partial charge in [0.25, 0.3) is 0 Å². The first-order valence-electron chi connectivity index (χ1n) is 9.22. The molecular weight excluding hydrogens is 294 g/mol. The summed E-state index contributed by atoms with van der Waals surface area (Å²) in [5.74, 6) is -1.16. The number of carbonyl (C=O) groups excluding carboxylic acids is 1. The summed E-state index contributed by atoms with van der Waals surface area (Å²) < 4.78 is 5.74. The molecule has 2 N–H and O–H groups in total. The highest BCUT2D eigenvalue weighted by molar-refractivity contribution is 5.80. The summed E-state index contributed by atoms with van der Waals surface area (Å²) in [7, 11) is 0. The molecule has 0 aromatic rings. The molecule has 1 heterocycles. The normalized spacial score (nSPS) is 34.0. The number of carbonyl (C=O) groups is 2. The molecule has 5 heteroatoms. The van der Waals surface area contributed by atoms with E-state index in [4.69, 9.17) is 4.74 Å². The molecule has 1 amide bonds. The summed E-state index contributed by atoms with van der Waals surface area (Å²) in [6.45, 7) is 1.48. The van der Waals surface area contributed by atoms with Gasteiger partial charge >= 0.3 is 5.97 Å². The fourth-order valence-electron chi connectivity index (χ4n) is 4.80. The van der Waals surface area contributed by atoms with Crippen molar-refractivity contribution in [3.63, 3.8) is 0 Å². The van der Waals surface area contributed by atoms with Crippen molar-refractivity contribution in [3.8, 4) is 0 Å². The molecule has 1 saturated heterocycles. The Balaban J connectivity index is 1.62. The number of aliphatic carboxylic acids is 1. The summed E-state index contributed by atoms with van der Waals surface area (Å²) in [6, 6.07) is 0.203. The molecular formula is C18H29NO4. The summed E-state index contributed by atoms with van der Waals surface area (Å²) in [6.07, 6.45) is 9.77. The minimum absolute atomic E-state index is 0.0767. The van der Waals surface area contributed by atoms with Crippen molar-refractivity contribution in [2.75, 3.05) is 13.2 Å². The van der Waals surface area contributed by atoms with Crippen molar-refractivity contribution in [2.24, 2.45) is 17.3 Å². The van der Waals surface area contributed by atoms with E-state index >= 15 is 0 Å². The highest BCUT2D eigenvalue weighted by Crippen LogP contribution is 2.43. The van der Waals surface area contributed by atoms with Gasteiger partial charge in [-0.05, 0) is 38.5 Å². The Morgan fingerprint density at radius 1 is 1.00 bits per heavy atom. The fraction of sp³-hybridized carbons (Fsp3) is 0.889. The molecule has 130 valence electrons. The van der Waals surface area contributed by atoms with Gasteiger partial charge in [-0.3, -0.25) is 9.59 Å². The lowest BCUT2D eigenvalue weighted by Gasteiger charge is -2.47. The van der Waals surface area contributed by atoms with Crippen molar-refractivity contribution in [3.05, 3.63) is 0 Å². The second-order valence-corrected chi connectivity index (χ2v) is 7.72. The monoisotopic (exact) mass is 323 g/mol. The molecule has 0 aromatic carbocycles. The van der Waals surface area contributed by atoms with Crippen LogP contribution in [0.3, 0.4) is 0 Å². The van der Waals surface area contributed by atoms with Gasteiger partial charge in [0.05, 0.1) is 12.5 Å². The maximum atomic E-state index is 12.7. The Kier molecular flexibility index (Phi) is 5.24. The largest absolute Gasteiger partial charge is 0.481 e. The summed E-state index contributed by atoms with van der Waals surface area (Å²) in [5.41, 5.74) is 0.118. The third-order valence-electron chi connectivity index (χ3n) is 6.24. The maximum Gasteiger partial charge on any atom is 0.306 e. The first-order valence-corrected chi connectivity index (χ1v) is 9.22. The van der Waals surface area contributed by atoms with Crippen LogP contribution >= 0.6 is 0 Å². The Morgan fingerprint density at radius 3 is 2.48 bits per heavy atom. The number of carboxylic acid groups (broad SMARTS) is 1. The topological polar surface area (TPSA) is 75.6 Å². The van der Waals surface area contributed by atoms with Crippen LogP contribution in [0.15, 0.2) is 0 Å². The molecule has 23 heavy (non-hydrogen) atoms. The van der Waals surface area contributed by atoms with E-state index in [2.05, 4.69) is 5.32 Å². The summed E-state index contributed by atoms with van der Waals surface area (Å²) in [4.78, 5) is 23.9. The summed E-state index contributed by atoms with van der Waals surface area (Å²) >= 11 is 0. The molecule has 0 radical (unpaired) electrons. The first kappa shape index (κ1) is 16.7.